The van der Waals surface area contributed by atoms with Gasteiger partial charge in [0.25, 0.3) is 0 Å². The third-order valence-corrected chi connectivity index (χ3v) is 1.89. The number of carbonyl (C=O) groups is 1. The lowest BCUT2D eigenvalue weighted by Crippen LogP contribution is -2.34. The van der Waals surface area contributed by atoms with Crippen molar-refractivity contribution in [1.29, 1.82) is 0 Å². The highest BCUT2D eigenvalue weighted by Gasteiger charge is 2.13. The normalized spacial score (nSPS) is 12.5. The van der Waals surface area contributed by atoms with Crippen LogP contribution in [-0.2, 0) is 4.79 Å². The first-order chi connectivity index (χ1) is 6.52. The minimum atomic E-state index is -0.803. The molecular formula is C11H19NO2. The van der Waals surface area contributed by atoms with Gasteiger partial charge < -0.3 is 10.0 Å². The number of carboxylic acids is 1. The summed E-state index contributed by atoms with van der Waals surface area (Å²) in [5, 5.41) is 8.75. The summed E-state index contributed by atoms with van der Waals surface area (Å²) in [7, 11) is 0. The Labute approximate surface area is 85.7 Å². The summed E-state index contributed by atoms with van der Waals surface area (Å²) in [5.41, 5.74) is 0.949. The maximum atomic E-state index is 10.6. The molecule has 0 bridgehead atoms. The number of nitrogens with zero attached hydrogens (tertiary/aromatic N) is 1. The summed E-state index contributed by atoms with van der Waals surface area (Å²) in [6.45, 7) is 7.84. The average Bonchev–Trinajstić information content (AvgIpc) is 2.10. The van der Waals surface area contributed by atoms with Gasteiger partial charge in [-0.15, -0.1) is 0 Å². The van der Waals surface area contributed by atoms with E-state index in [1.54, 1.807) is 0 Å². The molecule has 0 unspecified atom stereocenters. The van der Waals surface area contributed by atoms with Crippen LogP contribution in [-0.4, -0.2) is 28.6 Å². The lowest BCUT2D eigenvalue weighted by molar-refractivity contribution is -0.138. The SMILES string of the molecule is CC=CC(=CC)N(CC(=O)O)C(C)C. The predicted octanol–water partition coefficient (Wildman–Crippen LogP) is 2.26. The van der Waals surface area contributed by atoms with Gasteiger partial charge in [0.05, 0.1) is 0 Å². The molecule has 0 rings (SSSR count). The van der Waals surface area contributed by atoms with Crippen LogP contribution < -0.4 is 0 Å². The highest BCUT2D eigenvalue weighted by atomic mass is 16.4. The molecule has 0 aliphatic heterocycles. The zero-order valence-corrected chi connectivity index (χ0v) is 9.32. The van der Waals surface area contributed by atoms with E-state index in [4.69, 9.17) is 5.11 Å². The van der Waals surface area contributed by atoms with Crippen LogP contribution in [0.25, 0.3) is 0 Å². The van der Waals surface area contributed by atoms with Crippen molar-refractivity contribution >= 4 is 5.97 Å². The van der Waals surface area contributed by atoms with E-state index in [2.05, 4.69) is 0 Å². The minimum absolute atomic E-state index is 0.0433. The van der Waals surface area contributed by atoms with Crippen molar-refractivity contribution < 1.29 is 9.90 Å². The van der Waals surface area contributed by atoms with Crippen molar-refractivity contribution in [1.82, 2.24) is 4.90 Å². The molecular weight excluding hydrogens is 178 g/mol. The maximum absolute atomic E-state index is 10.6. The van der Waals surface area contributed by atoms with E-state index >= 15 is 0 Å². The fraction of sp³-hybridized carbons (Fsp3) is 0.545. The van der Waals surface area contributed by atoms with Gasteiger partial charge in [-0.3, -0.25) is 4.79 Å². The highest BCUT2D eigenvalue weighted by molar-refractivity contribution is 5.69. The molecule has 0 aromatic rings. The lowest BCUT2D eigenvalue weighted by atomic mass is 10.2. The summed E-state index contributed by atoms with van der Waals surface area (Å²) < 4.78 is 0. The molecule has 0 heterocycles. The second-order valence-corrected chi connectivity index (χ2v) is 3.33. The van der Waals surface area contributed by atoms with Crippen LogP contribution in [0.1, 0.15) is 27.7 Å². The largest absolute Gasteiger partial charge is 0.480 e. The van der Waals surface area contributed by atoms with Crippen LogP contribution in [0, 0.1) is 0 Å². The van der Waals surface area contributed by atoms with E-state index < -0.39 is 5.97 Å². The van der Waals surface area contributed by atoms with E-state index in [9.17, 15) is 4.79 Å². The lowest BCUT2D eigenvalue weighted by Gasteiger charge is -2.28. The molecule has 0 aliphatic carbocycles. The average molecular weight is 197 g/mol. The van der Waals surface area contributed by atoms with E-state index in [1.165, 1.54) is 0 Å². The molecule has 0 fully saturated rings. The van der Waals surface area contributed by atoms with Crippen molar-refractivity contribution in [2.24, 2.45) is 0 Å². The molecule has 3 nitrogen and oxygen atoms in total. The Kier molecular flexibility index (Phi) is 5.68. The summed E-state index contributed by atoms with van der Waals surface area (Å²) in [4.78, 5) is 12.5. The fourth-order valence-corrected chi connectivity index (χ4v) is 1.25. The summed E-state index contributed by atoms with van der Waals surface area (Å²) >= 11 is 0. The van der Waals surface area contributed by atoms with Crippen molar-refractivity contribution in [3.63, 3.8) is 0 Å². The van der Waals surface area contributed by atoms with Gasteiger partial charge in [0.15, 0.2) is 0 Å². The van der Waals surface area contributed by atoms with Gasteiger partial charge in [0.1, 0.15) is 6.54 Å². The quantitative estimate of drug-likeness (QED) is 0.687. The zero-order valence-electron chi connectivity index (χ0n) is 9.32. The van der Waals surface area contributed by atoms with Gasteiger partial charge in [0.2, 0.25) is 0 Å². The minimum Gasteiger partial charge on any atom is -0.480 e. The summed E-state index contributed by atoms with van der Waals surface area (Å²) in [5.74, 6) is -0.803. The predicted molar refractivity (Wildman–Crippen MR) is 58.0 cm³/mol. The second kappa shape index (κ2) is 6.24. The highest BCUT2D eigenvalue weighted by Crippen LogP contribution is 2.10. The van der Waals surface area contributed by atoms with Gasteiger partial charge in [-0.05, 0) is 33.8 Å². The molecule has 0 aromatic carbocycles. The van der Waals surface area contributed by atoms with E-state index in [-0.39, 0.29) is 12.6 Å². The second-order valence-electron chi connectivity index (χ2n) is 3.33. The van der Waals surface area contributed by atoms with Crippen LogP contribution in [0.15, 0.2) is 23.9 Å². The molecule has 0 atom stereocenters. The third kappa shape index (κ3) is 4.12. The van der Waals surface area contributed by atoms with Crippen molar-refractivity contribution in [2.75, 3.05) is 6.54 Å². The van der Waals surface area contributed by atoms with Gasteiger partial charge >= 0.3 is 5.97 Å². The van der Waals surface area contributed by atoms with Crippen LogP contribution >= 0.6 is 0 Å². The number of carboxylic acid groups (broad SMARTS) is 1. The number of rotatable bonds is 5. The molecule has 0 aliphatic rings. The molecule has 0 saturated carbocycles. The van der Waals surface area contributed by atoms with Crippen LogP contribution in [0.4, 0.5) is 0 Å². The summed E-state index contributed by atoms with van der Waals surface area (Å²) in [6.07, 6.45) is 5.75. The molecule has 0 saturated heterocycles. The van der Waals surface area contributed by atoms with Crippen LogP contribution in [0.5, 0.6) is 0 Å². The van der Waals surface area contributed by atoms with Gasteiger partial charge in [0, 0.05) is 11.7 Å². The van der Waals surface area contributed by atoms with Gasteiger partial charge in [-0.1, -0.05) is 12.2 Å². The molecule has 3 heteroatoms. The standard InChI is InChI=1S/C11H19NO2/c1-5-7-10(6-2)12(9(3)4)8-11(13)14/h5-7,9H,8H2,1-4H3,(H,13,14). The number of aliphatic carboxylic acids is 1. The fourth-order valence-electron chi connectivity index (χ4n) is 1.25. The first-order valence-corrected chi connectivity index (χ1v) is 4.80. The molecule has 0 aromatic heterocycles. The molecule has 14 heavy (non-hydrogen) atoms. The van der Waals surface area contributed by atoms with Gasteiger partial charge in [-0.2, -0.15) is 0 Å². The number of hydrogen-bond acceptors (Lipinski definition) is 2. The van der Waals surface area contributed by atoms with Crippen molar-refractivity contribution in [2.45, 2.75) is 33.7 Å². The van der Waals surface area contributed by atoms with E-state index in [1.807, 2.05) is 50.8 Å². The first-order valence-electron chi connectivity index (χ1n) is 4.80. The zero-order chi connectivity index (χ0) is 11.1. The molecule has 0 amide bonds. The summed E-state index contributed by atoms with van der Waals surface area (Å²) in [6, 6.07) is 0.188. The van der Waals surface area contributed by atoms with Crippen LogP contribution in [0.3, 0.4) is 0 Å². The number of allylic oxidation sites excluding steroid dienone is 3. The Morgan fingerprint density at radius 3 is 2.29 bits per heavy atom. The topological polar surface area (TPSA) is 40.5 Å². The molecule has 0 radical (unpaired) electrons. The Morgan fingerprint density at radius 2 is 2.00 bits per heavy atom. The Balaban J connectivity index is 4.70. The first kappa shape index (κ1) is 12.8. The Bertz CT molecular complexity index is 242. The Morgan fingerprint density at radius 1 is 1.43 bits per heavy atom. The smallest absolute Gasteiger partial charge is 0.323 e. The van der Waals surface area contributed by atoms with Gasteiger partial charge in [-0.25, -0.2) is 0 Å². The molecule has 80 valence electrons. The van der Waals surface area contributed by atoms with Crippen molar-refractivity contribution in [3.05, 3.63) is 23.9 Å². The molecule has 0 spiro atoms. The molecule has 1 N–H and O–H groups in total. The van der Waals surface area contributed by atoms with Crippen molar-refractivity contribution in [3.8, 4) is 0 Å². The maximum Gasteiger partial charge on any atom is 0.323 e. The Hall–Kier alpha value is -1.25. The van der Waals surface area contributed by atoms with E-state index in [0.29, 0.717) is 0 Å². The monoisotopic (exact) mass is 197 g/mol. The van der Waals surface area contributed by atoms with E-state index in [0.717, 1.165) is 5.70 Å². The number of hydrogen-bond donors (Lipinski definition) is 1. The van der Waals surface area contributed by atoms with Crippen LogP contribution in [0.2, 0.25) is 0 Å². The third-order valence-electron chi connectivity index (χ3n) is 1.89.